The van der Waals surface area contributed by atoms with E-state index < -0.39 is 0 Å². The minimum atomic E-state index is 0.00584. The molecule has 0 aliphatic carbocycles. The van der Waals surface area contributed by atoms with Gasteiger partial charge in [0.15, 0.2) is 11.9 Å². The van der Waals surface area contributed by atoms with E-state index in [2.05, 4.69) is 18.3 Å². The normalized spacial score (nSPS) is 10.4. The highest BCUT2D eigenvalue weighted by Gasteiger charge is 2.12. The van der Waals surface area contributed by atoms with Crippen LogP contribution in [0.15, 0.2) is 42.6 Å². The highest BCUT2D eigenvalue weighted by Crippen LogP contribution is 2.09. The van der Waals surface area contributed by atoms with Gasteiger partial charge in [-0.15, -0.1) is 0 Å². The summed E-state index contributed by atoms with van der Waals surface area (Å²) in [6.45, 7) is 4.97. The van der Waals surface area contributed by atoms with Crippen LogP contribution in [-0.4, -0.2) is 5.91 Å². The van der Waals surface area contributed by atoms with Crippen molar-refractivity contribution in [2.75, 3.05) is 0 Å². The van der Waals surface area contributed by atoms with Crippen molar-refractivity contribution in [1.29, 1.82) is 0 Å². The predicted molar refractivity (Wildman–Crippen MR) is 84.1 cm³/mol. The van der Waals surface area contributed by atoms with Crippen molar-refractivity contribution in [3.8, 4) is 0 Å². The van der Waals surface area contributed by atoms with E-state index in [-0.39, 0.29) is 5.91 Å². The Morgan fingerprint density at radius 1 is 1.14 bits per heavy atom. The van der Waals surface area contributed by atoms with Crippen LogP contribution in [0.25, 0.3) is 0 Å². The van der Waals surface area contributed by atoms with Crippen molar-refractivity contribution in [1.82, 2.24) is 5.32 Å². The second kappa shape index (κ2) is 7.23. The predicted octanol–water partition coefficient (Wildman–Crippen LogP) is 2.81. The number of amides is 1. The van der Waals surface area contributed by atoms with Gasteiger partial charge in [0.2, 0.25) is 6.54 Å². The molecule has 1 aromatic heterocycles. The molecule has 0 fully saturated rings. The lowest BCUT2D eigenvalue weighted by Crippen LogP contribution is -2.45. The van der Waals surface area contributed by atoms with Crippen molar-refractivity contribution in [2.45, 2.75) is 33.4 Å². The fourth-order valence-corrected chi connectivity index (χ4v) is 2.19. The molecule has 4 heteroatoms. The number of benzene rings is 1. The summed E-state index contributed by atoms with van der Waals surface area (Å²) in [6, 6.07) is 11.6. The topological polar surface area (TPSA) is 33.0 Å². The molecular formula is C17H20ClN2O+. The van der Waals surface area contributed by atoms with Crippen molar-refractivity contribution in [3.05, 3.63) is 64.4 Å². The molecule has 0 radical (unpaired) electrons. The summed E-state index contributed by atoms with van der Waals surface area (Å²) in [7, 11) is 0. The molecule has 2 rings (SSSR count). The third kappa shape index (κ3) is 4.57. The third-order valence-electron chi connectivity index (χ3n) is 3.44. The molecule has 0 saturated heterocycles. The van der Waals surface area contributed by atoms with Crippen LogP contribution in [0.3, 0.4) is 0 Å². The standard InChI is InChI=1S/C17H19ClN2O/c1-3-14-5-4-13(2)20(11-14)12-17(21)19-10-15-6-8-16(18)9-7-15/h4-9,11H,3,10,12H2,1-2H3/p+1. The number of rotatable bonds is 5. The minimum absolute atomic E-state index is 0.00584. The van der Waals surface area contributed by atoms with Crippen LogP contribution < -0.4 is 9.88 Å². The largest absolute Gasteiger partial charge is 0.347 e. The zero-order valence-electron chi connectivity index (χ0n) is 12.4. The van der Waals surface area contributed by atoms with Gasteiger partial charge in [0, 0.05) is 30.1 Å². The lowest BCUT2D eigenvalue weighted by atomic mass is 10.2. The van der Waals surface area contributed by atoms with E-state index in [9.17, 15) is 4.79 Å². The van der Waals surface area contributed by atoms with Gasteiger partial charge in [-0.05, 0) is 30.2 Å². The average molecular weight is 304 g/mol. The molecular weight excluding hydrogens is 284 g/mol. The van der Waals surface area contributed by atoms with Gasteiger partial charge >= 0.3 is 0 Å². The molecule has 21 heavy (non-hydrogen) atoms. The first kappa shape index (κ1) is 15.5. The van der Waals surface area contributed by atoms with Gasteiger partial charge in [-0.3, -0.25) is 4.79 Å². The Balaban J connectivity index is 1.94. The number of nitrogens with zero attached hydrogens (tertiary/aromatic N) is 1. The summed E-state index contributed by atoms with van der Waals surface area (Å²) < 4.78 is 1.98. The van der Waals surface area contributed by atoms with E-state index in [0.29, 0.717) is 18.1 Å². The lowest BCUT2D eigenvalue weighted by Gasteiger charge is -2.05. The lowest BCUT2D eigenvalue weighted by molar-refractivity contribution is -0.690. The summed E-state index contributed by atoms with van der Waals surface area (Å²) >= 11 is 5.84. The molecule has 0 atom stereocenters. The van der Waals surface area contributed by atoms with Crippen LogP contribution in [0.2, 0.25) is 5.02 Å². The minimum Gasteiger partial charge on any atom is -0.347 e. The number of aryl methyl sites for hydroxylation is 2. The van der Waals surface area contributed by atoms with Crippen LogP contribution in [0.4, 0.5) is 0 Å². The highest BCUT2D eigenvalue weighted by molar-refractivity contribution is 6.30. The molecule has 1 aromatic carbocycles. The van der Waals surface area contributed by atoms with E-state index in [4.69, 9.17) is 11.6 Å². The first-order valence-corrected chi connectivity index (χ1v) is 7.46. The van der Waals surface area contributed by atoms with Gasteiger partial charge in [0.25, 0.3) is 5.91 Å². The molecule has 0 unspecified atom stereocenters. The maximum atomic E-state index is 12.0. The summed E-state index contributed by atoms with van der Waals surface area (Å²) in [6.07, 6.45) is 3.00. The van der Waals surface area contributed by atoms with Gasteiger partial charge in [-0.25, -0.2) is 0 Å². The molecule has 0 spiro atoms. The number of carbonyl (C=O) groups is 1. The Bertz CT molecular complexity index is 623. The maximum absolute atomic E-state index is 12.0. The van der Waals surface area contributed by atoms with E-state index in [0.717, 1.165) is 17.7 Å². The number of carbonyl (C=O) groups excluding carboxylic acids is 1. The van der Waals surface area contributed by atoms with Crippen LogP contribution in [0.1, 0.15) is 23.7 Å². The molecule has 2 aromatic rings. The zero-order chi connectivity index (χ0) is 15.2. The molecule has 0 bridgehead atoms. The number of nitrogens with one attached hydrogen (secondary N) is 1. The molecule has 1 amide bonds. The summed E-state index contributed by atoms with van der Waals surface area (Å²) in [5, 5.41) is 3.63. The number of halogens is 1. The van der Waals surface area contributed by atoms with Gasteiger partial charge in [-0.1, -0.05) is 30.7 Å². The Morgan fingerprint density at radius 2 is 1.81 bits per heavy atom. The van der Waals surface area contributed by atoms with Crippen molar-refractivity contribution in [2.24, 2.45) is 0 Å². The first-order chi connectivity index (χ1) is 10.1. The summed E-state index contributed by atoms with van der Waals surface area (Å²) in [4.78, 5) is 12.0. The molecule has 1 heterocycles. The molecule has 0 saturated carbocycles. The zero-order valence-corrected chi connectivity index (χ0v) is 13.2. The van der Waals surface area contributed by atoms with Crippen LogP contribution >= 0.6 is 11.6 Å². The smallest absolute Gasteiger partial charge is 0.286 e. The molecule has 1 N–H and O–H groups in total. The van der Waals surface area contributed by atoms with Crippen molar-refractivity contribution < 1.29 is 9.36 Å². The van der Waals surface area contributed by atoms with Crippen LogP contribution in [-0.2, 0) is 24.3 Å². The average Bonchev–Trinajstić information content (AvgIpc) is 2.49. The second-order valence-electron chi connectivity index (χ2n) is 5.06. The summed E-state index contributed by atoms with van der Waals surface area (Å²) in [5.74, 6) is 0.00584. The van der Waals surface area contributed by atoms with Gasteiger partial charge in [-0.2, -0.15) is 4.57 Å². The van der Waals surface area contributed by atoms with Gasteiger partial charge < -0.3 is 5.32 Å². The van der Waals surface area contributed by atoms with Gasteiger partial charge in [0.1, 0.15) is 0 Å². The highest BCUT2D eigenvalue weighted by atomic mass is 35.5. The third-order valence-corrected chi connectivity index (χ3v) is 3.69. The van der Waals surface area contributed by atoms with E-state index in [1.807, 2.05) is 48.0 Å². The fourth-order valence-electron chi connectivity index (χ4n) is 2.06. The Morgan fingerprint density at radius 3 is 2.48 bits per heavy atom. The molecule has 3 nitrogen and oxygen atoms in total. The SMILES string of the molecule is CCc1ccc(C)[n+](CC(=O)NCc2ccc(Cl)cc2)c1. The Labute approximate surface area is 130 Å². The number of hydrogen-bond donors (Lipinski definition) is 1. The van der Waals surface area contributed by atoms with E-state index >= 15 is 0 Å². The van der Waals surface area contributed by atoms with E-state index in [1.54, 1.807) is 0 Å². The quantitative estimate of drug-likeness (QED) is 0.847. The van der Waals surface area contributed by atoms with E-state index in [1.165, 1.54) is 5.56 Å². The van der Waals surface area contributed by atoms with Crippen molar-refractivity contribution in [3.63, 3.8) is 0 Å². The molecule has 0 aliphatic rings. The monoisotopic (exact) mass is 303 g/mol. The second-order valence-corrected chi connectivity index (χ2v) is 5.50. The Kier molecular flexibility index (Phi) is 5.34. The Hall–Kier alpha value is -1.87. The maximum Gasteiger partial charge on any atom is 0.286 e. The number of aromatic nitrogens is 1. The first-order valence-electron chi connectivity index (χ1n) is 7.08. The summed E-state index contributed by atoms with van der Waals surface area (Å²) in [5.41, 5.74) is 3.34. The van der Waals surface area contributed by atoms with Gasteiger partial charge in [0.05, 0.1) is 0 Å². The number of pyridine rings is 1. The molecule has 0 aliphatic heterocycles. The fraction of sp³-hybridized carbons (Fsp3) is 0.294. The molecule has 110 valence electrons. The van der Waals surface area contributed by atoms with Crippen LogP contribution in [0, 0.1) is 6.92 Å². The van der Waals surface area contributed by atoms with Crippen molar-refractivity contribution >= 4 is 17.5 Å². The van der Waals surface area contributed by atoms with Crippen LogP contribution in [0.5, 0.6) is 0 Å². The number of hydrogen-bond acceptors (Lipinski definition) is 1.